The molecule has 1 N–H and O–H groups in total. The van der Waals surface area contributed by atoms with E-state index in [1.54, 1.807) is 0 Å². The first kappa shape index (κ1) is 12.6. The number of terminal acetylenes is 1. The molecule has 0 bridgehead atoms. The molecule has 0 saturated heterocycles. The van der Waals surface area contributed by atoms with Crippen LogP contribution in [0.4, 0.5) is 8.78 Å². The fourth-order valence-corrected chi connectivity index (χ4v) is 1.35. The summed E-state index contributed by atoms with van der Waals surface area (Å²) in [5.74, 6) is 0.680. The summed E-state index contributed by atoms with van der Waals surface area (Å²) in [7, 11) is 1.53. The lowest BCUT2D eigenvalue weighted by atomic mass is 10.1. The number of hydrogen-bond donors (Lipinski definition) is 1. The largest absolute Gasteiger partial charge is 0.383 e. The van der Waals surface area contributed by atoms with Crippen molar-refractivity contribution in [2.75, 3.05) is 20.3 Å². The van der Waals surface area contributed by atoms with Crippen LogP contribution in [0.15, 0.2) is 18.2 Å². The second-order valence-corrected chi connectivity index (χ2v) is 3.27. The average molecular weight is 225 g/mol. The Hall–Kier alpha value is -1.44. The number of rotatable bonds is 5. The summed E-state index contributed by atoms with van der Waals surface area (Å²) in [6.45, 7) is 0.680. The number of ether oxygens (including phenoxy) is 1. The number of hydrogen-bond acceptors (Lipinski definition) is 2. The molecular formula is C12H13F2NO. The highest BCUT2D eigenvalue weighted by molar-refractivity contribution is 5.21. The molecule has 2 nitrogen and oxygen atoms in total. The molecule has 86 valence electrons. The van der Waals surface area contributed by atoms with Gasteiger partial charge in [0.2, 0.25) is 0 Å². The molecular weight excluding hydrogens is 212 g/mol. The highest BCUT2D eigenvalue weighted by Gasteiger charge is 2.12. The lowest BCUT2D eigenvalue weighted by Crippen LogP contribution is -2.25. The van der Waals surface area contributed by atoms with E-state index in [-0.39, 0.29) is 6.04 Å². The molecule has 1 rings (SSSR count). The molecule has 1 atom stereocenters. The summed E-state index contributed by atoms with van der Waals surface area (Å²) < 4.78 is 30.7. The van der Waals surface area contributed by atoms with E-state index in [0.717, 1.165) is 12.1 Å². The van der Waals surface area contributed by atoms with Gasteiger partial charge in [0.15, 0.2) is 11.6 Å². The standard InChI is InChI=1S/C12H13F2NO/c1-3-6-15-12(8-16-2)9-4-5-10(13)11(14)7-9/h1,4-5,7,12,15H,6,8H2,2H3. The van der Waals surface area contributed by atoms with Gasteiger partial charge in [-0.15, -0.1) is 6.42 Å². The van der Waals surface area contributed by atoms with Crippen LogP contribution in [0.5, 0.6) is 0 Å². The van der Waals surface area contributed by atoms with Gasteiger partial charge in [-0.25, -0.2) is 8.78 Å². The van der Waals surface area contributed by atoms with Crippen molar-refractivity contribution in [3.63, 3.8) is 0 Å². The zero-order valence-electron chi connectivity index (χ0n) is 8.97. The predicted molar refractivity (Wildman–Crippen MR) is 57.8 cm³/mol. The van der Waals surface area contributed by atoms with Crippen LogP contribution in [0, 0.1) is 24.0 Å². The van der Waals surface area contributed by atoms with E-state index in [1.807, 2.05) is 0 Å². The third-order valence-corrected chi connectivity index (χ3v) is 2.13. The fourth-order valence-electron chi connectivity index (χ4n) is 1.35. The molecule has 0 aliphatic rings. The number of methoxy groups -OCH3 is 1. The lowest BCUT2D eigenvalue weighted by Gasteiger charge is -2.17. The third-order valence-electron chi connectivity index (χ3n) is 2.13. The first-order valence-corrected chi connectivity index (χ1v) is 4.79. The van der Waals surface area contributed by atoms with Crippen LogP contribution in [-0.4, -0.2) is 20.3 Å². The van der Waals surface area contributed by atoms with E-state index in [2.05, 4.69) is 11.2 Å². The van der Waals surface area contributed by atoms with Crippen LogP contribution in [-0.2, 0) is 4.74 Å². The highest BCUT2D eigenvalue weighted by Crippen LogP contribution is 2.16. The molecule has 1 aromatic carbocycles. The van der Waals surface area contributed by atoms with E-state index >= 15 is 0 Å². The smallest absolute Gasteiger partial charge is 0.159 e. The summed E-state index contributed by atoms with van der Waals surface area (Å²) >= 11 is 0. The van der Waals surface area contributed by atoms with Crippen LogP contribution in [0.3, 0.4) is 0 Å². The van der Waals surface area contributed by atoms with Gasteiger partial charge in [-0.3, -0.25) is 5.32 Å². The highest BCUT2D eigenvalue weighted by atomic mass is 19.2. The Kier molecular flexibility index (Phi) is 4.90. The van der Waals surface area contributed by atoms with Crippen molar-refractivity contribution in [3.05, 3.63) is 35.4 Å². The quantitative estimate of drug-likeness (QED) is 0.772. The molecule has 16 heavy (non-hydrogen) atoms. The Morgan fingerprint density at radius 3 is 2.75 bits per heavy atom. The zero-order chi connectivity index (χ0) is 12.0. The van der Waals surface area contributed by atoms with Gasteiger partial charge in [0.25, 0.3) is 0 Å². The Bertz CT molecular complexity index is 387. The summed E-state index contributed by atoms with van der Waals surface area (Å²) in [4.78, 5) is 0. The SMILES string of the molecule is C#CCNC(COC)c1ccc(F)c(F)c1. The van der Waals surface area contributed by atoms with Gasteiger partial charge < -0.3 is 4.74 Å². The van der Waals surface area contributed by atoms with Crippen LogP contribution in [0.25, 0.3) is 0 Å². The van der Waals surface area contributed by atoms with Gasteiger partial charge in [-0.05, 0) is 17.7 Å². The van der Waals surface area contributed by atoms with Crippen LogP contribution >= 0.6 is 0 Å². The van der Waals surface area contributed by atoms with E-state index in [0.29, 0.717) is 18.7 Å². The summed E-state index contributed by atoms with van der Waals surface area (Å²) in [5, 5.41) is 2.98. The lowest BCUT2D eigenvalue weighted by molar-refractivity contribution is 0.168. The van der Waals surface area contributed by atoms with Crippen molar-refractivity contribution in [2.24, 2.45) is 0 Å². The second kappa shape index (κ2) is 6.21. The van der Waals surface area contributed by atoms with Gasteiger partial charge >= 0.3 is 0 Å². The molecule has 4 heteroatoms. The Morgan fingerprint density at radius 2 is 2.19 bits per heavy atom. The summed E-state index contributed by atoms with van der Waals surface area (Å²) in [6, 6.07) is 3.50. The maximum absolute atomic E-state index is 13.0. The molecule has 0 aliphatic carbocycles. The Balaban J connectivity index is 2.83. The molecule has 1 unspecified atom stereocenters. The maximum atomic E-state index is 13.0. The minimum absolute atomic E-state index is 0.240. The molecule has 0 fully saturated rings. The van der Waals surface area contributed by atoms with Crippen LogP contribution in [0.1, 0.15) is 11.6 Å². The summed E-state index contributed by atoms with van der Waals surface area (Å²) in [6.07, 6.45) is 5.12. The minimum Gasteiger partial charge on any atom is -0.383 e. The summed E-state index contributed by atoms with van der Waals surface area (Å²) in [5.41, 5.74) is 0.607. The number of benzene rings is 1. The average Bonchev–Trinajstić information content (AvgIpc) is 2.28. The van der Waals surface area contributed by atoms with Gasteiger partial charge in [0, 0.05) is 7.11 Å². The number of nitrogens with one attached hydrogen (secondary N) is 1. The van der Waals surface area contributed by atoms with Crippen molar-refractivity contribution in [3.8, 4) is 12.3 Å². The normalized spacial score (nSPS) is 12.1. The Morgan fingerprint density at radius 1 is 1.44 bits per heavy atom. The van der Waals surface area contributed by atoms with Crippen LogP contribution < -0.4 is 5.32 Å². The molecule has 0 aromatic heterocycles. The molecule has 0 saturated carbocycles. The minimum atomic E-state index is -0.874. The molecule has 0 heterocycles. The van der Waals surface area contributed by atoms with E-state index in [1.165, 1.54) is 13.2 Å². The van der Waals surface area contributed by atoms with Gasteiger partial charge in [0.05, 0.1) is 19.2 Å². The van der Waals surface area contributed by atoms with Gasteiger partial charge in [-0.2, -0.15) is 0 Å². The van der Waals surface area contributed by atoms with Crippen LogP contribution in [0.2, 0.25) is 0 Å². The fraction of sp³-hybridized carbons (Fsp3) is 0.333. The first-order chi connectivity index (χ1) is 7.69. The maximum Gasteiger partial charge on any atom is 0.159 e. The van der Waals surface area contributed by atoms with E-state index in [4.69, 9.17) is 11.2 Å². The Labute approximate surface area is 93.6 Å². The van der Waals surface area contributed by atoms with Crippen molar-refractivity contribution in [2.45, 2.75) is 6.04 Å². The second-order valence-electron chi connectivity index (χ2n) is 3.27. The van der Waals surface area contributed by atoms with Crippen molar-refractivity contribution < 1.29 is 13.5 Å². The van der Waals surface area contributed by atoms with Crippen molar-refractivity contribution in [1.29, 1.82) is 0 Å². The third kappa shape index (κ3) is 3.30. The van der Waals surface area contributed by atoms with Crippen molar-refractivity contribution >= 4 is 0 Å². The monoisotopic (exact) mass is 225 g/mol. The van der Waals surface area contributed by atoms with E-state index in [9.17, 15) is 8.78 Å². The zero-order valence-corrected chi connectivity index (χ0v) is 8.97. The van der Waals surface area contributed by atoms with Crippen molar-refractivity contribution in [1.82, 2.24) is 5.32 Å². The van der Waals surface area contributed by atoms with Gasteiger partial charge in [0.1, 0.15) is 0 Å². The number of halogens is 2. The molecule has 0 amide bonds. The van der Waals surface area contributed by atoms with Gasteiger partial charge in [-0.1, -0.05) is 12.0 Å². The molecule has 1 aromatic rings. The topological polar surface area (TPSA) is 21.3 Å². The first-order valence-electron chi connectivity index (χ1n) is 4.79. The van der Waals surface area contributed by atoms with E-state index < -0.39 is 11.6 Å². The molecule has 0 aliphatic heterocycles. The molecule has 0 spiro atoms. The predicted octanol–water partition coefficient (Wildman–Crippen LogP) is 1.88. The molecule has 0 radical (unpaired) electrons.